The maximum absolute atomic E-state index is 12.0. The predicted molar refractivity (Wildman–Crippen MR) is 68.4 cm³/mol. The molecule has 1 saturated heterocycles. The van der Waals surface area contributed by atoms with Gasteiger partial charge in [0.15, 0.2) is 0 Å². The van der Waals surface area contributed by atoms with Crippen molar-refractivity contribution in [2.75, 3.05) is 6.54 Å². The Labute approximate surface area is 108 Å². The summed E-state index contributed by atoms with van der Waals surface area (Å²) in [4.78, 5) is 17.5. The van der Waals surface area contributed by atoms with E-state index in [-0.39, 0.29) is 11.8 Å². The number of rotatable bonds is 4. The van der Waals surface area contributed by atoms with Crippen molar-refractivity contribution in [1.82, 2.24) is 5.06 Å². The van der Waals surface area contributed by atoms with Crippen molar-refractivity contribution in [3.05, 3.63) is 35.9 Å². The number of benzene rings is 1. The Morgan fingerprint density at radius 2 is 1.89 bits per heavy atom. The van der Waals surface area contributed by atoms with Gasteiger partial charge in [-0.15, -0.1) is 0 Å². The third kappa shape index (κ3) is 2.27. The Bertz CT molecular complexity index is 412. The van der Waals surface area contributed by atoms with E-state index in [0.29, 0.717) is 12.5 Å². The number of nitrogens with zero attached hydrogens (tertiary/aromatic N) is 1. The van der Waals surface area contributed by atoms with Gasteiger partial charge in [0.25, 0.3) is 5.91 Å². The average molecular weight is 245 g/mol. The molecule has 2 aliphatic rings. The number of amides is 1. The van der Waals surface area contributed by atoms with Crippen molar-refractivity contribution in [3.63, 3.8) is 0 Å². The van der Waals surface area contributed by atoms with Gasteiger partial charge in [0.1, 0.15) is 6.61 Å². The van der Waals surface area contributed by atoms with Crippen LogP contribution in [0.15, 0.2) is 30.3 Å². The molecule has 0 bridgehead atoms. The molecule has 96 valence electrons. The van der Waals surface area contributed by atoms with Crippen LogP contribution in [-0.2, 0) is 16.2 Å². The normalized spacial score (nSPS) is 24.3. The van der Waals surface area contributed by atoms with Crippen LogP contribution in [0.25, 0.3) is 0 Å². The molecule has 3 nitrogen and oxygen atoms in total. The average Bonchev–Trinajstić information content (AvgIpc) is 2.92. The molecule has 1 aromatic rings. The molecule has 0 radical (unpaired) electrons. The first kappa shape index (κ1) is 11.7. The largest absolute Gasteiger partial charge is 0.272 e. The molecule has 2 fully saturated rings. The second kappa shape index (κ2) is 5.11. The van der Waals surface area contributed by atoms with Crippen molar-refractivity contribution in [1.29, 1.82) is 0 Å². The third-order valence-corrected chi connectivity index (χ3v) is 4.12. The molecule has 1 aromatic carbocycles. The van der Waals surface area contributed by atoms with E-state index in [4.69, 9.17) is 4.84 Å². The molecule has 1 saturated carbocycles. The molecule has 3 heteroatoms. The highest BCUT2D eigenvalue weighted by molar-refractivity contribution is 5.83. The molecular weight excluding hydrogens is 226 g/mol. The van der Waals surface area contributed by atoms with Gasteiger partial charge >= 0.3 is 0 Å². The topological polar surface area (TPSA) is 29.5 Å². The fourth-order valence-corrected chi connectivity index (χ4v) is 2.97. The summed E-state index contributed by atoms with van der Waals surface area (Å²) >= 11 is 0. The van der Waals surface area contributed by atoms with Crippen molar-refractivity contribution in [2.45, 2.75) is 32.3 Å². The van der Waals surface area contributed by atoms with E-state index in [9.17, 15) is 4.79 Å². The lowest BCUT2D eigenvalue weighted by Gasteiger charge is -2.40. The minimum absolute atomic E-state index is 0.192. The Balaban J connectivity index is 1.47. The molecule has 1 heterocycles. The Hall–Kier alpha value is -1.35. The first-order valence-corrected chi connectivity index (χ1v) is 6.83. The highest BCUT2D eigenvalue weighted by Gasteiger charge is 2.43. The van der Waals surface area contributed by atoms with E-state index in [0.717, 1.165) is 12.1 Å². The second-order valence-corrected chi connectivity index (χ2v) is 5.31. The van der Waals surface area contributed by atoms with E-state index in [1.807, 2.05) is 30.3 Å². The second-order valence-electron chi connectivity index (χ2n) is 5.31. The number of hydrogen-bond donors (Lipinski definition) is 0. The Morgan fingerprint density at radius 1 is 1.17 bits per heavy atom. The smallest absolute Gasteiger partial charge is 0.251 e. The molecule has 1 aliphatic carbocycles. The van der Waals surface area contributed by atoms with Crippen molar-refractivity contribution in [3.8, 4) is 0 Å². The fraction of sp³-hybridized carbons (Fsp3) is 0.533. The maximum Gasteiger partial charge on any atom is 0.251 e. The standard InChI is InChI=1S/C15H19NO2/c17-15-14(13-8-4-5-9-13)10-16(15)18-11-12-6-2-1-3-7-12/h1-3,6-7,13-14H,4-5,8-11H2/t14-/m0/s1. The molecule has 0 unspecified atom stereocenters. The first-order chi connectivity index (χ1) is 8.84. The Morgan fingerprint density at radius 3 is 2.56 bits per heavy atom. The van der Waals surface area contributed by atoms with Crippen LogP contribution in [0.3, 0.4) is 0 Å². The van der Waals surface area contributed by atoms with E-state index in [2.05, 4.69) is 0 Å². The van der Waals surface area contributed by atoms with Crippen LogP contribution >= 0.6 is 0 Å². The summed E-state index contributed by atoms with van der Waals surface area (Å²) in [5.74, 6) is 1.05. The van der Waals surface area contributed by atoms with Gasteiger partial charge in [-0.1, -0.05) is 43.2 Å². The van der Waals surface area contributed by atoms with E-state index in [1.54, 1.807) is 0 Å². The molecule has 0 N–H and O–H groups in total. The van der Waals surface area contributed by atoms with Gasteiger partial charge in [-0.2, -0.15) is 0 Å². The van der Waals surface area contributed by atoms with Crippen LogP contribution in [0.2, 0.25) is 0 Å². The maximum atomic E-state index is 12.0. The van der Waals surface area contributed by atoms with E-state index >= 15 is 0 Å². The quantitative estimate of drug-likeness (QED) is 0.763. The zero-order chi connectivity index (χ0) is 12.4. The van der Waals surface area contributed by atoms with Crippen molar-refractivity contribution in [2.24, 2.45) is 11.8 Å². The van der Waals surface area contributed by atoms with Crippen LogP contribution in [-0.4, -0.2) is 17.5 Å². The lowest BCUT2D eigenvalue weighted by atomic mass is 9.85. The van der Waals surface area contributed by atoms with Gasteiger partial charge in [0.05, 0.1) is 12.5 Å². The molecule has 18 heavy (non-hydrogen) atoms. The number of hydroxylamine groups is 2. The minimum atomic E-state index is 0.192. The monoisotopic (exact) mass is 245 g/mol. The van der Waals surface area contributed by atoms with Crippen molar-refractivity contribution >= 4 is 5.91 Å². The van der Waals surface area contributed by atoms with Crippen LogP contribution in [0.1, 0.15) is 31.2 Å². The lowest BCUT2D eigenvalue weighted by Crippen LogP contribution is -2.54. The zero-order valence-corrected chi connectivity index (χ0v) is 10.5. The van der Waals surface area contributed by atoms with Gasteiger partial charge in [-0.25, -0.2) is 5.06 Å². The van der Waals surface area contributed by atoms with Crippen LogP contribution in [0, 0.1) is 11.8 Å². The third-order valence-electron chi connectivity index (χ3n) is 4.12. The van der Waals surface area contributed by atoms with Gasteiger partial charge in [-0.3, -0.25) is 9.63 Å². The molecule has 3 rings (SSSR count). The van der Waals surface area contributed by atoms with Crippen molar-refractivity contribution < 1.29 is 9.63 Å². The number of carbonyl (C=O) groups excluding carboxylic acids is 1. The minimum Gasteiger partial charge on any atom is -0.272 e. The Kier molecular flexibility index (Phi) is 3.33. The summed E-state index contributed by atoms with van der Waals surface area (Å²) in [5.41, 5.74) is 1.11. The highest BCUT2D eigenvalue weighted by atomic mass is 16.7. The molecular formula is C15H19NO2. The summed E-state index contributed by atoms with van der Waals surface area (Å²) in [5, 5.41) is 1.54. The van der Waals surface area contributed by atoms with Gasteiger partial charge in [0.2, 0.25) is 0 Å². The molecule has 1 atom stereocenters. The van der Waals surface area contributed by atoms with E-state index in [1.165, 1.54) is 30.7 Å². The molecule has 0 spiro atoms. The summed E-state index contributed by atoms with van der Waals surface area (Å²) < 4.78 is 0. The zero-order valence-electron chi connectivity index (χ0n) is 10.5. The van der Waals surface area contributed by atoms with Gasteiger partial charge in [0, 0.05) is 0 Å². The SMILES string of the molecule is O=C1[C@H](C2CCCC2)CN1OCc1ccccc1. The van der Waals surface area contributed by atoms with Crippen LogP contribution in [0.4, 0.5) is 0 Å². The molecule has 1 aliphatic heterocycles. The summed E-state index contributed by atoms with van der Waals surface area (Å²) in [6, 6.07) is 9.97. The fourth-order valence-electron chi connectivity index (χ4n) is 2.97. The molecule has 1 amide bonds. The number of carbonyl (C=O) groups is 1. The van der Waals surface area contributed by atoms with E-state index < -0.39 is 0 Å². The first-order valence-electron chi connectivity index (χ1n) is 6.83. The van der Waals surface area contributed by atoms with Gasteiger partial charge < -0.3 is 0 Å². The summed E-state index contributed by atoms with van der Waals surface area (Å²) in [7, 11) is 0. The van der Waals surface area contributed by atoms with Crippen LogP contribution < -0.4 is 0 Å². The molecule has 0 aromatic heterocycles. The number of hydrogen-bond acceptors (Lipinski definition) is 2. The highest BCUT2D eigenvalue weighted by Crippen LogP contribution is 2.37. The predicted octanol–water partition coefficient (Wildman–Crippen LogP) is 2.77. The number of β-lactam (4-membered cyclic amide) rings is 1. The van der Waals surface area contributed by atoms with Gasteiger partial charge in [-0.05, 0) is 24.3 Å². The summed E-state index contributed by atoms with van der Waals surface area (Å²) in [6.45, 7) is 1.28. The van der Waals surface area contributed by atoms with Crippen LogP contribution in [0.5, 0.6) is 0 Å². The summed E-state index contributed by atoms with van der Waals surface area (Å²) in [6.07, 6.45) is 5.03. The lowest BCUT2D eigenvalue weighted by molar-refractivity contribution is -0.230.